The predicted octanol–water partition coefficient (Wildman–Crippen LogP) is 2.92. The normalized spacial score (nSPS) is 19.0. The molecular formula is C16H24N2O3S. The molecule has 1 N–H and O–H groups in total. The minimum Gasteiger partial charge on any atom is -0.444 e. The van der Waals surface area contributed by atoms with Crippen molar-refractivity contribution >= 4 is 23.2 Å². The van der Waals surface area contributed by atoms with Gasteiger partial charge in [-0.15, -0.1) is 11.3 Å². The Labute approximate surface area is 135 Å². The molecule has 0 radical (unpaired) electrons. The van der Waals surface area contributed by atoms with E-state index in [4.69, 9.17) is 4.74 Å². The van der Waals surface area contributed by atoms with E-state index in [1.165, 1.54) is 11.3 Å². The fraction of sp³-hybridized carbons (Fsp3) is 0.625. The van der Waals surface area contributed by atoms with Gasteiger partial charge in [0.2, 0.25) is 0 Å². The summed E-state index contributed by atoms with van der Waals surface area (Å²) in [4.78, 5) is 26.6. The molecule has 22 heavy (non-hydrogen) atoms. The third kappa shape index (κ3) is 5.10. The molecule has 1 fully saturated rings. The first kappa shape index (κ1) is 17.0. The van der Waals surface area contributed by atoms with Crippen molar-refractivity contribution in [2.75, 3.05) is 19.6 Å². The van der Waals surface area contributed by atoms with E-state index < -0.39 is 5.60 Å². The Morgan fingerprint density at radius 3 is 2.86 bits per heavy atom. The summed E-state index contributed by atoms with van der Waals surface area (Å²) >= 11 is 1.46. The largest absolute Gasteiger partial charge is 0.444 e. The van der Waals surface area contributed by atoms with Crippen molar-refractivity contribution in [3.8, 4) is 0 Å². The summed E-state index contributed by atoms with van der Waals surface area (Å²) in [6.45, 7) is 7.21. The lowest BCUT2D eigenvalue weighted by atomic mass is 10.1. The lowest BCUT2D eigenvalue weighted by Gasteiger charge is -2.34. The molecule has 5 nitrogen and oxygen atoms in total. The molecule has 6 heteroatoms. The summed E-state index contributed by atoms with van der Waals surface area (Å²) in [5.41, 5.74) is -0.480. The van der Waals surface area contributed by atoms with Gasteiger partial charge in [-0.2, -0.15) is 0 Å². The average molecular weight is 324 g/mol. The number of rotatable bonds is 4. The molecule has 1 atom stereocenters. The van der Waals surface area contributed by atoms with Gasteiger partial charge in [0.1, 0.15) is 5.60 Å². The van der Waals surface area contributed by atoms with Gasteiger partial charge >= 0.3 is 6.09 Å². The van der Waals surface area contributed by atoms with Crippen molar-refractivity contribution in [1.29, 1.82) is 0 Å². The first-order chi connectivity index (χ1) is 10.3. The van der Waals surface area contributed by atoms with Crippen LogP contribution in [-0.4, -0.2) is 48.1 Å². The van der Waals surface area contributed by atoms with Crippen LogP contribution in [-0.2, 0) is 4.74 Å². The monoisotopic (exact) mass is 324 g/mol. The van der Waals surface area contributed by atoms with Crippen molar-refractivity contribution in [1.82, 2.24) is 10.2 Å². The van der Waals surface area contributed by atoms with Gasteiger partial charge in [-0.05, 0) is 45.1 Å². The molecule has 0 spiro atoms. The van der Waals surface area contributed by atoms with Crippen molar-refractivity contribution in [3.63, 3.8) is 0 Å². The van der Waals surface area contributed by atoms with Crippen LogP contribution < -0.4 is 5.32 Å². The SMILES string of the molecule is CC(C)(C)OC(=O)N1CCC[C@@H](NCC(=O)c2cccs2)C1. The van der Waals surface area contributed by atoms with Gasteiger partial charge in [0.25, 0.3) is 0 Å². The molecule has 0 aromatic carbocycles. The van der Waals surface area contributed by atoms with Crippen molar-refractivity contribution in [3.05, 3.63) is 22.4 Å². The molecule has 0 aliphatic carbocycles. The van der Waals surface area contributed by atoms with Gasteiger partial charge in [-0.25, -0.2) is 4.79 Å². The number of carbonyl (C=O) groups is 2. The number of hydrogen-bond donors (Lipinski definition) is 1. The number of hydrogen-bond acceptors (Lipinski definition) is 5. The summed E-state index contributed by atoms with van der Waals surface area (Å²) in [6, 6.07) is 3.86. The molecule has 1 saturated heterocycles. The predicted molar refractivity (Wildman–Crippen MR) is 87.5 cm³/mol. The maximum Gasteiger partial charge on any atom is 0.410 e. The molecule has 122 valence electrons. The van der Waals surface area contributed by atoms with Gasteiger partial charge in [0.05, 0.1) is 11.4 Å². The minimum absolute atomic E-state index is 0.101. The van der Waals surface area contributed by atoms with Crippen molar-refractivity contribution in [2.24, 2.45) is 0 Å². The van der Waals surface area contributed by atoms with Crippen LogP contribution in [0.1, 0.15) is 43.3 Å². The topological polar surface area (TPSA) is 58.6 Å². The van der Waals surface area contributed by atoms with Gasteiger partial charge in [-0.1, -0.05) is 6.07 Å². The van der Waals surface area contributed by atoms with Crippen LogP contribution in [0.2, 0.25) is 0 Å². The third-order valence-corrected chi connectivity index (χ3v) is 4.33. The van der Waals surface area contributed by atoms with Crippen LogP contribution in [0.15, 0.2) is 17.5 Å². The number of nitrogens with zero attached hydrogens (tertiary/aromatic N) is 1. The van der Waals surface area contributed by atoms with Crippen molar-refractivity contribution < 1.29 is 14.3 Å². The number of amides is 1. The molecule has 0 bridgehead atoms. The second-order valence-corrected chi connectivity index (χ2v) is 7.49. The third-order valence-electron chi connectivity index (χ3n) is 3.42. The number of ether oxygens (including phenoxy) is 1. The van der Waals surface area contributed by atoms with Gasteiger partial charge in [-0.3, -0.25) is 4.79 Å². The molecule has 2 rings (SSSR count). The Balaban J connectivity index is 1.80. The number of likely N-dealkylation sites (tertiary alicyclic amines) is 1. The molecule has 1 aromatic heterocycles. The standard InChI is InChI=1S/C16H24N2O3S/c1-16(2,3)21-15(20)18-8-4-6-12(11-18)17-10-13(19)14-7-5-9-22-14/h5,7,9,12,17H,4,6,8,10-11H2,1-3H3/t12-/m1/s1. The minimum atomic E-state index is -0.480. The summed E-state index contributed by atoms with van der Waals surface area (Å²) in [7, 11) is 0. The fourth-order valence-electron chi connectivity index (χ4n) is 2.40. The Bertz CT molecular complexity index is 508. The Kier molecular flexibility index (Phi) is 5.58. The average Bonchev–Trinajstić information content (AvgIpc) is 2.97. The second kappa shape index (κ2) is 7.24. The fourth-order valence-corrected chi connectivity index (χ4v) is 3.06. The highest BCUT2D eigenvalue weighted by Gasteiger charge is 2.27. The number of ketones is 1. The van der Waals surface area contributed by atoms with E-state index in [2.05, 4.69) is 5.32 Å². The number of Topliss-reactive ketones (excluding diaryl/α,β-unsaturated/α-hetero) is 1. The zero-order valence-corrected chi connectivity index (χ0v) is 14.2. The van der Waals surface area contributed by atoms with Crippen LogP contribution in [0.25, 0.3) is 0 Å². The molecule has 0 saturated carbocycles. The molecule has 1 aliphatic heterocycles. The zero-order valence-electron chi connectivity index (χ0n) is 13.4. The second-order valence-electron chi connectivity index (χ2n) is 6.55. The highest BCUT2D eigenvalue weighted by molar-refractivity contribution is 7.12. The van der Waals surface area contributed by atoms with E-state index in [0.717, 1.165) is 17.7 Å². The Hall–Kier alpha value is -1.40. The molecule has 2 heterocycles. The number of piperidine rings is 1. The first-order valence-corrected chi connectivity index (χ1v) is 8.51. The maximum atomic E-state index is 12.1. The van der Waals surface area contributed by atoms with Crippen LogP contribution in [0.3, 0.4) is 0 Å². The summed E-state index contributed by atoms with van der Waals surface area (Å²) in [5.74, 6) is 0.101. The Morgan fingerprint density at radius 2 is 2.23 bits per heavy atom. The quantitative estimate of drug-likeness (QED) is 0.865. The van der Waals surface area contributed by atoms with Crippen molar-refractivity contribution in [2.45, 2.75) is 45.3 Å². The number of thiophene rings is 1. The highest BCUT2D eigenvalue weighted by Crippen LogP contribution is 2.16. The van der Waals surface area contributed by atoms with E-state index in [9.17, 15) is 9.59 Å². The van der Waals surface area contributed by atoms with E-state index in [1.54, 1.807) is 4.90 Å². The molecule has 1 aromatic rings. The maximum absolute atomic E-state index is 12.1. The number of nitrogens with one attached hydrogen (secondary N) is 1. The lowest BCUT2D eigenvalue weighted by Crippen LogP contribution is -2.50. The van der Waals surface area contributed by atoms with Gasteiger partial charge in [0.15, 0.2) is 5.78 Å². The number of carbonyl (C=O) groups excluding carboxylic acids is 2. The smallest absolute Gasteiger partial charge is 0.410 e. The van der Waals surface area contributed by atoms with Crippen LogP contribution in [0.5, 0.6) is 0 Å². The summed E-state index contributed by atoms with van der Waals surface area (Å²) in [5, 5.41) is 5.17. The summed E-state index contributed by atoms with van der Waals surface area (Å²) in [6.07, 6.45) is 1.62. The molecule has 1 amide bonds. The molecule has 0 unspecified atom stereocenters. The van der Waals surface area contributed by atoms with Crippen LogP contribution in [0, 0.1) is 0 Å². The lowest BCUT2D eigenvalue weighted by molar-refractivity contribution is 0.0189. The molecular weight excluding hydrogens is 300 g/mol. The van der Waals surface area contributed by atoms with E-state index >= 15 is 0 Å². The van der Waals surface area contributed by atoms with E-state index in [-0.39, 0.29) is 17.9 Å². The zero-order chi connectivity index (χ0) is 16.2. The van der Waals surface area contributed by atoms with E-state index in [1.807, 2.05) is 38.3 Å². The highest BCUT2D eigenvalue weighted by atomic mass is 32.1. The van der Waals surface area contributed by atoms with E-state index in [0.29, 0.717) is 19.6 Å². The van der Waals surface area contributed by atoms with Gasteiger partial charge in [0, 0.05) is 19.1 Å². The van der Waals surface area contributed by atoms with Crippen LogP contribution in [0.4, 0.5) is 4.79 Å². The Morgan fingerprint density at radius 1 is 1.45 bits per heavy atom. The first-order valence-electron chi connectivity index (χ1n) is 7.63. The molecule has 1 aliphatic rings. The van der Waals surface area contributed by atoms with Gasteiger partial charge < -0.3 is 15.0 Å². The van der Waals surface area contributed by atoms with Crippen LogP contribution >= 0.6 is 11.3 Å². The summed E-state index contributed by atoms with van der Waals surface area (Å²) < 4.78 is 5.40.